The molecule has 18 heavy (non-hydrogen) atoms. The summed E-state index contributed by atoms with van der Waals surface area (Å²) in [6.45, 7) is 0.817. The quantitative estimate of drug-likeness (QED) is 0.808. The third kappa shape index (κ3) is 1.63. The average molecular weight is 241 g/mol. The molecule has 0 radical (unpaired) electrons. The summed E-state index contributed by atoms with van der Waals surface area (Å²) in [5.74, 6) is 0.680. The molecule has 1 aliphatic rings. The zero-order valence-corrected chi connectivity index (χ0v) is 10.3. The third-order valence-electron chi connectivity index (χ3n) is 3.45. The van der Waals surface area contributed by atoms with E-state index >= 15 is 0 Å². The Labute approximate surface area is 106 Å². The zero-order valence-electron chi connectivity index (χ0n) is 10.3. The number of ether oxygens (including phenoxy) is 1. The van der Waals surface area contributed by atoms with Gasteiger partial charge < -0.3 is 9.30 Å². The largest absolute Gasteiger partial charge is 0.496 e. The highest BCUT2D eigenvalue weighted by Crippen LogP contribution is 2.29. The molecule has 0 saturated heterocycles. The molecule has 3 nitrogen and oxygen atoms in total. The maximum Gasteiger partial charge on any atom is 0.262 e. The second-order valence-corrected chi connectivity index (χ2v) is 4.51. The van der Waals surface area contributed by atoms with E-state index in [2.05, 4.69) is 0 Å². The molecular formula is C15H15NO2. The summed E-state index contributed by atoms with van der Waals surface area (Å²) >= 11 is 0. The van der Waals surface area contributed by atoms with E-state index in [1.807, 2.05) is 41.0 Å². The monoisotopic (exact) mass is 241 g/mol. The zero-order chi connectivity index (χ0) is 12.5. The van der Waals surface area contributed by atoms with Crippen LogP contribution in [0.2, 0.25) is 0 Å². The van der Waals surface area contributed by atoms with Crippen LogP contribution in [0.5, 0.6) is 5.75 Å². The third-order valence-corrected chi connectivity index (χ3v) is 3.45. The number of methoxy groups -OCH3 is 1. The van der Waals surface area contributed by atoms with Gasteiger partial charge in [-0.05, 0) is 18.4 Å². The SMILES string of the molecule is COc1cc2n(c(=O)c1-c1ccccc1)CCC2. The van der Waals surface area contributed by atoms with Crippen LogP contribution in [-0.2, 0) is 13.0 Å². The van der Waals surface area contributed by atoms with Gasteiger partial charge in [0, 0.05) is 18.3 Å². The minimum absolute atomic E-state index is 0.0630. The fraction of sp³-hybridized carbons (Fsp3) is 0.267. The maximum absolute atomic E-state index is 12.5. The Morgan fingerprint density at radius 3 is 2.72 bits per heavy atom. The van der Waals surface area contributed by atoms with Gasteiger partial charge in [-0.1, -0.05) is 30.3 Å². The normalized spacial score (nSPS) is 13.4. The highest BCUT2D eigenvalue weighted by atomic mass is 16.5. The Hall–Kier alpha value is -2.03. The van der Waals surface area contributed by atoms with Crippen LogP contribution in [-0.4, -0.2) is 11.7 Å². The number of hydrogen-bond donors (Lipinski definition) is 0. The summed E-state index contributed by atoms with van der Waals surface area (Å²) in [6.07, 6.45) is 2.00. The molecule has 0 unspecified atom stereocenters. The molecule has 3 rings (SSSR count). The summed E-state index contributed by atoms with van der Waals surface area (Å²) in [5.41, 5.74) is 2.73. The van der Waals surface area contributed by atoms with Crippen molar-refractivity contribution in [3.63, 3.8) is 0 Å². The number of nitrogens with zero attached hydrogens (tertiary/aromatic N) is 1. The number of pyridine rings is 1. The van der Waals surface area contributed by atoms with Gasteiger partial charge in [-0.3, -0.25) is 4.79 Å². The van der Waals surface area contributed by atoms with Crippen LogP contribution in [0, 0.1) is 0 Å². The molecule has 0 amide bonds. The van der Waals surface area contributed by atoms with E-state index in [0.717, 1.165) is 30.6 Å². The van der Waals surface area contributed by atoms with Crippen LogP contribution in [0.4, 0.5) is 0 Å². The number of fused-ring (bicyclic) bond motifs is 1. The van der Waals surface area contributed by atoms with E-state index in [1.165, 1.54) is 0 Å². The summed E-state index contributed by atoms with van der Waals surface area (Å²) < 4.78 is 7.26. The van der Waals surface area contributed by atoms with Crippen molar-refractivity contribution in [2.24, 2.45) is 0 Å². The molecule has 0 saturated carbocycles. The van der Waals surface area contributed by atoms with Crippen LogP contribution in [0.25, 0.3) is 11.1 Å². The van der Waals surface area contributed by atoms with Crippen molar-refractivity contribution >= 4 is 0 Å². The number of aryl methyl sites for hydroxylation is 1. The molecule has 1 aromatic carbocycles. The molecule has 0 aliphatic carbocycles. The lowest BCUT2D eigenvalue weighted by molar-refractivity contribution is 0.414. The van der Waals surface area contributed by atoms with Crippen molar-refractivity contribution < 1.29 is 4.74 Å². The summed E-state index contributed by atoms with van der Waals surface area (Å²) in [5, 5.41) is 0. The summed E-state index contributed by atoms with van der Waals surface area (Å²) in [4.78, 5) is 12.5. The minimum Gasteiger partial charge on any atom is -0.496 e. The van der Waals surface area contributed by atoms with Crippen molar-refractivity contribution in [1.82, 2.24) is 4.57 Å². The lowest BCUT2D eigenvalue weighted by atomic mass is 10.1. The molecular weight excluding hydrogens is 226 g/mol. The molecule has 3 heteroatoms. The van der Waals surface area contributed by atoms with Crippen LogP contribution in [0.1, 0.15) is 12.1 Å². The lowest BCUT2D eigenvalue weighted by Crippen LogP contribution is -2.21. The molecule has 2 aromatic rings. The number of hydrogen-bond acceptors (Lipinski definition) is 2. The Morgan fingerprint density at radius 2 is 2.00 bits per heavy atom. The summed E-state index contributed by atoms with van der Waals surface area (Å²) in [6, 6.07) is 11.7. The molecule has 0 fully saturated rings. The predicted octanol–water partition coefficient (Wildman–Crippen LogP) is 2.47. The highest BCUT2D eigenvalue weighted by Gasteiger charge is 2.19. The van der Waals surface area contributed by atoms with Crippen LogP contribution in [0.15, 0.2) is 41.2 Å². The topological polar surface area (TPSA) is 31.2 Å². The van der Waals surface area contributed by atoms with Gasteiger partial charge in [0.2, 0.25) is 0 Å². The van der Waals surface area contributed by atoms with Crippen LogP contribution >= 0.6 is 0 Å². The Kier molecular flexibility index (Phi) is 2.67. The van der Waals surface area contributed by atoms with Crippen LogP contribution in [0.3, 0.4) is 0 Å². The first kappa shape index (κ1) is 11.1. The number of rotatable bonds is 2. The first-order valence-electron chi connectivity index (χ1n) is 6.17. The molecule has 0 bridgehead atoms. The van der Waals surface area contributed by atoms with Gasteiger partial charge >= 0.3 is 0 Å². The highest BCUT2D eigenvalue weighted by molar-refractivity contribution is 5.69. The lowest BCUT2D eigenvalue weighted by Gasteiger charge is -2.12. The maximum atomic E-state index is 12.5. The molecule has 1 aromatic heterocycles. The number of benzene rings is 1. The van der Waals surface area contributed by atoms with Gasteiger partial charge in [0.15, 0.2) is 0 Å². The van der Waals surface area contributed by atoms with E-state index < -0.39 is 0 Å². The van der Waals surface area contributed by atoms with E-state index in [0.29, 0.717) is 11.3 Å². The van der Waals surface area contributed by atoms with Crippen molar-refractivity contribution in [2.45, 2.75) is 19.4 Å². The number of aromatic nitrogens is 1. The Balaban J connectivity index is 2.29. The van der Waals surface area contributed by atoms with Crippen molar-refractivity contribution in [3.8, 4) is 16.9 Å². The second-order valence-electron chi connectivity index (χ2n) is 4.51. The first-order chi connectivity index (χ1) is 8.81. The van der Waals surface area contributed by atoms with Crippen molar-refractivity contribution in [2.75, 3.05) is 7.11 Å². The molecule has 92 valence electrons. The smallest absolute Gasteiger partial charge is 0.262 e. The van der Waals surface area contributed by atoms with E-state index in [-0.39, 0.29) is 5.56 Å². The van der Waals surface area contributed by atoms with Crippen molar-refractivity contribution in [3.05, 3.63) is 52.4 Å². The van der Waals surface area contributed by atoms with Crippen LogP contribution < -0.4 is 10.3 Å². The van der Waals surface area contributed by atoms with E-state index in [1.54, 1.807) is 7.11 Å². The molecule has 2 heterocycles. The van der Waals surface area contributed by atoms with Gasteiger partial charge in [0.05, 0.1) is 12.7 Å². The van der Waals surface area contributed by atoms with Crippen molar-refractivity contribution in [1.29, 1.82) is 0 Å². The summed E-state index contributed by atoms with van der Waals surface area (Å²) in [7, 11) is 1.62. The van der Waals surface area contributed by atoms with E-state index in [4.69, 9.17) is 4.74 Å². The standard InChI is InChI=1S/C15H15NO2/c1-18-13-10-12-8-5-9-16(12)15(17)14(13)11-6-3-2-4-7-11/h2-4,6-7,10H,5,8-9H2,1H3. The fourth-order valence-corrected chi connectivity index (χ4v) is 2.57. The Bertz CT molecular complexity index is 629. The molecule has 0 spiro atoms. The fourth-order valence-electron chi connectivity index (χ4n) is 2.57. The van der Waals surface area contributed by atoms with Gasteiger partial charge in [-0.2, -0.15) is 0 Å². The van der Waals surface area contributed by atoms with Gasteiger partial charge in [0.1, 0.15) is 5.75 Å². The molecule has 0 atom stereocenters. The Morgan fingerprint density at radius 1 is 1.22 bits per heavy atom. The predicted molar refractivity (Wildman–Crippen MR) is 71.0 cm³/mol. The molecule has 0 N–H and O–H groups in total. The van der Waals surface area contributed by atoms with Gasteiger partial charge in [-0.15, -0.1) is 0 Å². The van der Waals surface area contributed by atoms with E-state index in [9.17, 15) is 4.79 Å². The first-order valence-corrected chi connectivity index (χ1v) is 6.17. The second kappa shape index (κ2) is 4.33. The van der Waals surface area contributed by atoms with Gasteiger partial charge in [-0.25, -0.2) is 0 Å². The van der Waals surface area contributed by atoms with Gasteiger partial charge in [0.25, 0.3) is 5.56 Å². The minimum atomic E-state index is 0.0630. The average Bonchev–Trinajstić information content (AvgIpc) is 2.88. The molecule has 1 aliphatic heterocycles.